The van der Waals surface area contributed by atoms with Crippen molar-refractivity contribution in [1.82, 2.24) is 14.9 Å². The van der Waals surface area contributed by atoms with Crippen LogP contribution in [0.3, 0.4) is 0 Å². The number of nitrogens with two attached hydrogens (primary N) is 1. The van der Waals surface area contributed by atoms with Crippen LogP contribution in [0.4, 0.5) is 10.3 Å². The monoisotopic (exact) mass is 398 g/mol. The molecule has 0 unspecified atom stereocenters. The lowest BCUT2D eigenvalue weighted by atomic mass is 9.76. The smallest absolute Gasteiger partial charge is 0.255 e. The second-order valence-corrected chi connectivity index (χ2v) is 7.87. The number of nitrogens with zero attached hydrogens (tertiary/aromatic N) is 2. The third-order valence-corrected chi connectivity index (χ3v) is 6.20. The number of hydrogen-bond donors (Lipinski definition) is 2. The second-order valence-electron chi connectivity index (χ2n) is 7.87. The number of carbonyl (C=O) groups excluding carboxylic acids is 2. The molecule has 1 fully saturated rings. The Morgan fingerprint density at radius 2 is 1.83 bits per heavy atom. The maximum Gasteiger partial charge on any atom is 0.255 e. The topological polar surface area (TPSA) is 109 Å². The van der Waals surface area contributed by atoms with Crippen LogP contribution < -0.4 is 11.3 Å². The lowest BCUT2D eigenvalue weighted by Gasteiger charge is -2.39. The minimum atomic E-state index is -0.397. The Morgan fingerprint density at radius 3 is 2.52 bits per heavy atom. The van der Waals surface area contributed by atoms with Gasteiger partial charge in [-0.3, -0.25) is 19.4 Å². The highest BCUT2D eigenvalue weighted by Gasteiger charge is 2.44. The summed E-state index contributed by atoms with van der Waals surface area (Å²) in [4.78, 5) is 45.6. The molecule has 1 spiro atoms. The number of amides is 1. The number of halogens is 1. The minimum Gasteiger partial charge on any atom is -0.369 e. The van der Waals surface area contributed by atoms with E-state index in [-0.39, 0.29) is 41.5 Å². The van der Waals surface area contributed by atoms with Crippen LogP contribution in [0.15, 0.2) is 29.1 Å². The zero-order valence-electron chi connectivity index (χ0n) is 16.0. The summed E-state index contributed by atoms with van der Waals surface area (Å²) in [5.41, 5.74) is 7.29. The lowest BCUT2D eigenvalue weighted by Crippen LogP contribution is -2.45. The van der Waals surface area contributed by atoms with Gasteiger partial charge in [0.2, 0.25) is 11.9 Å². The van der Waals surface area contributed by atoms with E-state index in [4.69, 9.17) is 5.73 Å². The fourth-order valence-electron chi connectivity index (χ4n) is 4.50. The van der Waals surface area contributed by atoms with Crippen LogP contribution in [0.1, 0.15) is 53.7 Å². The molecule has 1 aromatic carbocycles. The number of aromatic amines is 1. The number of aromatic nitrogens is 2. The standard InChI is InChI=1S/C21H23FN4O3/c22-14-3-1-13(2-4-14)16(27)5-6-17(28)26-11-9-21(10-12-26)8-7-15-18(21)24-20(23)25-19(15)29/h1-4H,5-12H2,(H3,23,24,25,29). The van der Waals surface area contributed by atoms with Gasteiger partial charge in [-0.15, -0.1) is 0 Å². The predicted molar refractivity (Wildman–Crippen MR) is 105 cm³/mol. The van der Waals surface area contributed by atoms with Crippen molar-refractivity contribution in [2.24, 2.45) is 0 Å². The largest absolute Gasteiger partial charge is 0.369 e. The Hall–Kier alpha value is -3.03. The molecule has 0 radical (unpaired) electrons. The van der Waals surface area contributed by atoms with Crippen LogP contribution >= 0.6 is 0 Å². The highest BCUT2D eigenvalue weighted by Crippen LogP contribution is 2.44. The Bertz CT molecular complexity index is 1010. The summed E-state index contributed by atoms with van der Waals surface area (Å²) in [5.74, 6) is -0.498. The molecule has 1 amide bonds. The number of piperidine rings is 1. The van der Waals surface area contributed by atoms with E-state index in [0.717, 1.165) is 25.0 Å². The molecule has 7 nitrogen and oxygen atoms in total. The first-order valence-electron chi connectivity index (χ1n) is 9.84. The number of benzene rings is 1. The maximum atomic E-state index is 13.0. The summed E-state index contributed by atoms with van der Waals surface area (Å²) in [6, 6.07) is 5.35. The van der Waals surface area contributed by atoms with Crippen LogP contribution in [0.2, 0.25) is 0 Å². The third-order valence-electron chi connectivity index (χ3n) is 6.20. The predicted octanol–water partition coefficient (Wildman–Crippen LogP) is 1.96. The molecule has 8 heteroatoms. The van der Waals surface area contributed by atoms with E-state index in [1.807, 2.05) is 0 Å². The second kappa shape index (κ2) is 7.42. The summed E-state index contributed by atoms with van der Waals surface area (Å²) in [5, 5.41) is 0. The molecule has 3 N–H and O–H groups in total. The third kappa shape index (κ3) is 3.66. The van der Waals surface area contributed by atoms with E-state index in [1.54, 1.807) is 4.90 Å². The molecule has 0 saturated carbocycles. The number of nitrogens with one attached hydrogen (secondary N) is 1. The molecule has 0 bridgehead atoms. The van der Waals surface area contributed by atoms with E-state index >= 15 is 0 Å². The van der Waals surface area contributed by atoms with Gasteiger partial charge in [0, 0.05) is 42.5 Å². The molecule has 2 aliphatic rings. The first-order valence-corrected chi connectivity index (χ1v) is 9.84. The summed E-state index contributed by atoms with van der Waals surface area (Å²) in [7, 11) is 0. The highest BCUT2D eigenvalue weighted by atomic mass is 19.1. The summed E-state index contributed by atoms with van der Waals surface area (Å²) >= 11 is 0. The molecule has 1 aliphatic heterocycles. The van der Waals surface area contributed by atoms with Gasteiger partial charge in [0.15, 0.2) is 5.78 Å². The number of ketones is 1. The number of rotatable bonds is 4. The first-order chi connectivity index (χ1) is 13.9. The number of nitrogen functional groups attached to an aromatic ring is 1. The van der Waals surface area contributed by atoms with Crippen molar-refractivity contribution in [2.45, 2.75) is 43.9 Å². The molecule has 2 aromatic rings. The number of fused-ring (bicyclic) bond motifs is 2. The molecule has 4 rings (SSSR count). The van der Waals surface area contributed by atoms with E-state index in [2.05, 4.69) is 9.97 Å². The van der Waals surface area contributed by atoms with Crippen molar-refractivity contribution >= 4 is 17.6 Å². The average Bonchev–Trinajstić information content (AvgIpc) is 3.05. The fourth-order valence-corrected chi connectivity index (χ4v) is 4.50. The molecule has 1 aromatic heterocycles. The van der Waals surface area contributed by atoms with Gasteiger partial charge in [-0.1, -0.05) is 0 Å². The van der Waals surface area contributed by atoms with E-state index in [0.29, 0.717) is 30.6 Å². The zero-order valence-corrected chi connectivity index (χ0v) is 16.0. The van der Waals surface area contributed by atoms with Crippen LogP contribution in [-0.2, 0) is 16.6 Å². The van der Waals surface area contributed by atoms with Crippen molar-refractivity contribution in [3.63, 3.8) is 0 Å². The average molecular weight is 398 g/mol. The quantitative estimate of drug-likeness (QED) is 0.765. The Labute approximate surface area is 167 Å². The summed E-state index contributed by atoms with van der Waals surface area (Å²) < 4.78 is 13.0. The van der Waals surface area contributed by atoms with Gasteiger partial charge in [0.25, 0.3) is 5.56 Å². The van der Waals surface area contributed by atoms with E-state index in [1.165, 1.54) is 24.3 Å². The van der Waals surface area contributed by atoms with Crippen molar-refractivity contribution in [3.05, 3.63) is 57.3 Å². The molecule has 1 saturated heterocycles. The number of anilines is 1. The number of likely N-dealkylation sites (tertiary alicyclic amines) is 1. The number of Topliss-reactive ketones (excluding diaryl/α,β-unsaturated/α-hetero) is 1. The SMILES string of the molecule is Nc1nc2c(c(=O)[nH]1)CCC21CCN(C(=O)CCC(=O)c2ccc(F)cc2)CC1. The summed E-state index contributed by atoms with van der Waals surface area (Å²) in [6.07, 6.45) is 3.21. The van der Waals surface area contributed by atoms with Gasteiger partial charge in [-0.25, -0.2) is 9.37 Å². The number of carbonyl (C=O) groups is 2. The molecule has 1 aliphatic carbocycles. The molecular weight excluding hydrogens is 375 g/mol. The van der Waals surface area contributed by atoms with Crippen molar-refractivity contribution < 1.29 is 14.0 Å². The van der Waals surface area contributed by atoms with Crippen LogP contribution in [-0.4, -0.2) is 39.6 Å². The van der Waals surface area contributed by atoms with Crippen molar-refractivity contribution in [2.75, 3.05) is 18.8 Å². The maximum absolute atomic E-state index is 13.0. The molecular formula is C21H23FN4O3. The molecule has 0 atom stereocenters. The minimum absolute atomic E-state index is 0.0630. The van der Waals surface area contributed by atoms with Crippen molar-refractivity contribution in [1.29, 1.82) is 0 Å². The van der Waals surface area contributed by atoms with Gasteiger partial charge in [0.05, 0.1) is 5.69 Å². The molecule has 152 valence electrons. The molecule has 29 heavy (non-hydrogen) atoms. The van der Waals surface area contributed by atoms with Crippen LogP contribution in [0.25, 0.3) is 0 Å². The Balaban J connectivity index is 1.36. The normalized spacial score (nSPS) is 17.3. The Kier molecular flexibility index (Phi) is 4.94. The van der Waals surface area contributed by atoms with Gasteiger partial charge in [0.1, 0.15) is 5.82 Å². The van der Waals surface area contributed by atoms with Gasteiger partial charge in [-0.2, -0.15) is 0 Å². The number of hydrogen-bond acceptors (Lipinski definition) is 5. The summed E-state index contributed by atoms with van der Waals surface area (Å²) in [6.45, 7) is 1.13. The number of H-pyrrole nitrogens is 1. The lowest BCUT2D eigenvalue weighted by molar-refractivity contribution is -0.132. The first kappa shape index (κ1) is 19.3. The van der Waals surface area contributed by atoms with Gasteiger partial charge >= 0.3 is 0 Å². The van der Waals surface area contributed by atoms with Crippen molar-refractivity contribution in [3.8, 4) is 0 Å². The fraction of sp³-hybridized carbons (Fsp3) is 0.429. The van der Waals surface area contributed by atoms with E-state index < -0.39 is 5.82 Å². The van der Waals surface area contributed by atoms with Gasteiger partial charge in [-0.05, 0) is 49.9 Å². The van der Waals surface area contributed by atoms with Gasteiger partial charge < -0.3 is 10.6 Å². The Morgan fingerprint density at radius 1 is 1.14 bits per heavy atom. The molecule has 2 heterocycles. The van der Waals surface area contributed by atoms with Crippen LogP contribution in [0, 0.1) is 5.82 Å². The zero-order chi connectivity index (χ0) is 20.6. The van der Waals surface area contributed by atoms with Crippen LogP contribution in [0.5, 0.6) is 0 Å². The van der Waals surface area contributed by atoms with E-state index in [9.17, 15) is 18.8 Å². The highest BCUT2D eigenvalue weighted by molar-refractivity contribution is 5.97.